The molecule has 1 saturated heterocycles. The lowest BCUT2D eigenvalue weighted by Gasteiger charge is -2.28. The summed E-state index contributed by atoms with van der Waals surface area (Å²) >= 11 is 3.31. The molecule has 1 aliphatic heterocycles. The molecule has 8 heteroatoms. The van der Waals surface area contributed by atoms with Gasteiger partial charge in [0.2, 0.25) is 10.0 Å². The molecule has 0 spiro atoms. The number of nitrogens with one attached hydrogen (secondary N) is 1. The number of amides is 1. The molecule has 0 aromatic heterocycles. The Morgan fingerprint density at radius 1 is 1.33 bits per heavy atom. The van der Waals surface area contributed by atoms with Crippen molar-refractivity contribution in [3.63, 3.8) is 0 Å². The third kappa shape index (κ3) is 5.66. The minimum Gasteiger partial charge on any atom is -0.444 e. The normalized spacial score (nSPS) is 18.5. The van der Waals surface area contributed by atoms with E-state index in [1.165, 1.54) is 4.90 Å². The number of benzene rings is 1. The van der Waals surface area contributed by atoms with Gasteiger partial charge < -0.3 is 9.64 Å². The van der Waals surface area contributed by atoms with E-state index >= 15 is 0 Å². The van der Waals surface area contributed by atoms with Crippen molar-refractivity contribution in [2.24, 2.45) is 0 Å². The number of halogens is 1. The van der Waals surface area contributed by atoms with Gasteiger partial charge in [0, 0.05) is 16.7 Å². The third-order valence-electron chi connectivity index (χ3n) is 3.53. The molecule has 2 rings (SSSR count). The Morgan fingerprint density at radius 3 is 2.54 bits per heavy atom. The zero-order valence-electron chi connectivity index (χ0n) is 14.1. The molecule has 0 unspecified atom stereocenters. The molecule has 1 aromatic carbocycles. The molecule has 0 saturated carbocycles. The van der Waals surface area contributed by atoms with E-state index in [0.29, 0.717) is 18.7 Å². The predicted octanol–water partition coefficient (Wildman–Crippen LogP) is 3.59. The Bertz CT molecular complexity index is 683. The molecule has 6 nitrogen and oxygen atoms in total. The fourth-order valence-corrected chi connectivity index (χ4v) is 4.26. The first-order valence-electron chi connectivity index (χ1n) is 7.81. The monoisotopic (exact) mass is 418 g/mol. The van der Waals surface area contributed by atoms with Crippen molar-refractivity contribution in [1.82, 2.24) is 4.90 Å². The van der Waals surface area contributed by atoms with Crippen LogP contribution in [0.1, 0.15) is 33.6 Å². The molecule has 24 heavy (non-hydrogen) atoms. The number of carbonyl (C=O) groups is 1. The zero-order chi connectivity index (χ0) is 18.0. The minimum absolute atomic E-state index is 0.137. The SMILES string of the molecule is CC(C)(C)OC(=O)N1CCC[C@H]1CS(=O)(=O)Nc1ccc(Br)cc1. The van der Waals surface area contributed by atoms with Gasteiger partial charge in [-0.3, -0.25) is 4.72 Å². The maximum absolute atomic E-state index is 12.4. The first-order chi connectivity index (χ1) is 11.1. The van der Waals surface area contributed by atoms with Crippen LogP contribution in [0.2, 0.25) is 0 Å². The van der Waals surface area contributed by atoms with Gasteiger partial charge in [0.05, 0.1) is 11.8 Å². The van der Waals surface area contributed by atoms with Crippen LogP contribution < -0.4 is 4.72 Å². The lowest BCUT2D eigenvalue weighted by molar-refractivity contribution is 0.0241. The standard InChI is InChI=1S/C16H23BrN2O4S/c1-16(2,3)23-15(20)19-10-4-5-14(19)11-24(21,22)18-13-8-6-12(17)7-9-13/h6-9,14,18H,4-5,10-11H2,1-3H3/t14-/m0/s1. The quantitative estimate of drug-likeness (QED) is 0.810. The molecule has 1 atom stereocenters. The maximum atomic E-state index is 12.4. The largest absolute Gasteiger partial charge is 0.444 e. The topological polar surface area (TPSA) is 75.7 Å². The molecule has 1 heterocycles. The van der Waals surface area contributed by atoms with Gasteiger partial charge in [-0.25, -0.2) is 13.2 Å². The molecular weight excluding hydrogens is 396 g/mol. The summed E-state index contributed by atoms with van der Waals surface area (Å²) in [5, 5.41) is 0. The molecule has 134 valence electrons. The number of anilines is 1. The van der Waals surface area contributed by atoms with E-state index in [9.17, 15) is 13.2 Å². The lowest BCUT2D eigenvalue weighted by Crippen LogP contribution is -2.43. The maximum Gasteiger partial charge on any atom is 0.410 e. The summed E-state index contributed by atoms with van der Waals surface area (Å²) in [6, 6.07) is 6.53. The van der Waals surface area contributed by atoms with Gasteiger partial charge in [-0.15, -0.1) is 0 Å². The summed E-state index contributed by atoms with van der Waals surface area (Å²) < 4.78 is 33.6. The van der Waals surface area contributed by atoms with Crippen LogP contribution in [0.5, 0.6) is 0 Å². The smallest absolute Gasteiger partial charge is 0.410 e. The van der Waals surface area contributed by atoms with Crippen LogP contribution in [0.15, 0.2) is 28.7 Å². The first-order valence-corrected chi connectivity index (χ1v) is 10.3. The molecule has 1 amide bonds. The second-order valence-corrected chi connectivity index (χ2v) is 9.54. The number of rotatable bonds is 4. The number of sulfonamides is 1. The average Bonchev–Trinajstić information content (AvgIpc) is 2.86. The Labute approximate surface area is 151 Å². The Kier molecular flexibility index (Phi) is 5.80. The highest BCUT2D eigenvalue weighted by Crippen LogP contribution is 2.23. The van der Waals surface area contributed by atoms with Crippen LogP contribution in [-0.4, -0.2) is 43.4 Å². The van der Waals surface area contributed by atoms with Gasteiger partial charge in [0.25, 0.3) is 0 Å². The van der Waals surface area contributed by atoms with E-state index in [1.54, 1.807) is 45.0 Å². The van der Waals surface area contributed by atoms with Crippen molar-refractivity contribution in [1.29, 1.82) is 0 Å². The van der Waals surface area contributed by atoms with E-state index in [-0.39, 0.29) is 11.8 Å². The Hall–Kier alpha value is -1.28. The zero-order valence-corrected chi connectivity index (χ0v) is 16.5. The molecule has 1 aliphatic rings. The summed E-state index contributed by atoms with van der Waals surface area (Å²) in [7, 11) is -3.56. The average molecular weight is 419 g/mol. The van der Waals surface area contributed by atoms with E-state index < -0.39 is 21.7 Å². The van der Waals surface area contributed by atoms with Crippen LogP contribution in [0.4, 0.5) is 10.5 Å². The summed E-state index contributed by atoms with van der Waals surface area (Å²) in [5.41, 5.74) is -0.0984. The molecular formula is C16H23BrN2O4S. The van der Waals surface area contributed by atoms with Crippen molar-refractivity contribution < 1.29 is 17.9 Å². The van der Waals surface area contributed by atoms with Gasteiger partial charge in [-0.1, -0.05) is 15.9 Å². The molecule has 0 radical (unpaired) electrons. The summed E-state index contributed by atoms with van der Waals surface area (Å²) in [6.45, 7) is 5.90. The van der Waals surface area contributed by atoms with Crippen molar-refractivity contribution in [3.8, 4) is 0 Å². The molecule has 0 bridgehead atoms. The van der Waals surface area contributed by atoms with E-state index in [2.05, 4.69) is 20.7 Å². The number of ether oxygens (including phenoxy) is 1. The van der Waals surface area contributed by atoms with Crippen molar-refractivity contribution in [2.45, 2.75) is 45.3 Å². The molecule has 0 aliphatic carbocycles. The van der Waals surface area contributed by atoms with Gasteiger partial charge in [-0.2, -0.15) is 0 Å². The Morgan fingerprint density at radius 2 is 1.96 bits per heavy atom. The minimum atomic E-state index is -3.56. The highest BCUT2D eigenvalue weighted by atomic mass is 79.9. The highest BCUT2D eigenvalue weighted by molar-refractivity contribution is 9.10. The fraction of sp³-hybridized carbons (Fsp3) is 0.562. The Balaban J connectivity index is 2.02. The van der Waals surface area contributed by atoms with Crippen LogP contribution in [0.25, 0.3) is 0 Å². The van der Waals surface area contributed by atoms with Crippen molar-refractivity contribution in [2.75, 3.05) is 17.0 Å². The van der Waals surface area contributed by atoms with Gasteiger partial charge >= 0.3 is 6.09 Å². The molecule has 1 N–H and O–H groups in total. The second-order valence-electron chi connectivity index (χ2n) is 6.86. The van der Waals surface area contributed by atoms with E-state index in [0.717, 1.165) is 10.9 Å². The van der Waals surface area contributed by atoms with Crippen LogP contribution in [0, 0.1) is 0 Å². The predicted molar refractivity (Wildman–Crippen MR) is 97.5 cm³/mol. The lowest BCUT2D eigenvalue weighted by atomic mass is 10.2. The molecule has 1 aromatic rings. The van der Waals surface area contributed by atoms with Crippen molar-refractivity contribution in [3.05, 3.63) is 28.7 Å². The van der Waals surface area contributed by atoms with Crippen molar-refractivity contribution >= 4 is 37.7 Å². The van der Waals surface area contributed by atoms with Gasteiger partial charge in [0.1, 0.15) is 5.60 Å². The van der Waals surface area contributed by atoms with Gasteiger partial charge in [-0.05, 0) is 57.9 Å². The van der Waals surface area contributed by atoms with Crippen LogP contribution in [-0.2, 0) is 14.8 Å². The van der Waals surface area contributed by atoms with Crippen LogP contribution in [0.3, 0.4) is 0 Å². The number of nitrogens with zero attached hydrogens (tertiary/aromatic N) is 1. The number of likely N-dealkylation sites (tertiary alicyclic amines) is 1. The summed E-state index contributed by atoms with van der Waals surface area (Å²) in [6.07, 6.45) is 0.974. The third-order valence-corrected chi connectivity index (χ3v) is 5.43. The number of hydrogen-bond donors (Lipinski definition) is 1. The highest BCUT2D eigenvalue weighted by Gasteiger charge is 2.35. The van der Waals surface area contributed by atoms with E-state index in [1.807, 2.05) is 0 Å². The number of hydrogen-bond acceptors (Lipinski definition) is 4. The number of carbonyl (C=O) groups excluding carboxylic acids is 1. The van der Waals surface area contributed by atoms with Crippen LogP contribution >= 0.6 is 15.9 Å². The summed E-state index contributed by atoms with van der Waals surface area (Å²) in [5.74, 6) is -0.137. The first kappa shape index (κ1) is 19.1. The fourth-order valence-electron chi connectivity index (χ4n) is 2.56. The molecule has 1 fully saturated rings. The second kappa shape index (κ2) is 7.31. The summed E-state index contributed by atoms with van der Waals surface area (Å²) in [4.78, 5) is 13.8. The van der Waals surface area contributed by atoms with E-state index in [4.69, 9.17) is 4.74 Å². The van der Waals surface area contributed by atoms with Gasteiger partial charge in [0.15, 0.2) is 0 Å².